The zero-order valence-electron chi connectivity index (χ0n) is 14.8. The normalized spacial score (nSPS) is 12.2. The van der Waals surface area contributed by atoms with E-state index in [1.54, 1.807) is 31.3 Å². The molecule has 0 aliphatic carbocycles. The first-order chi connectivity index (χ1) is 13.4. The van der Waals surface area contributed by atoms with Gasteiger partial charge in [-0.15, -0.1) is 15.3 Å². The first-order valence-corrected chi connectivity index (χ1v) is 8.62. The SMILES string of the molecule is C[C@H](Oc1nn(C)c2nnc(-c3c[nH]c(=O)[nH]c3=O)cc12)c1cccc(Cl)n1. The lowest BCUT2D eigenvalue weighted by atomic mass is 10.2. The molecule has 0 fully saturated rings. The number of fused-ring (bicyclic) bond motifs is 1. The highest BCUT2D eigenvalue weighted by atomic mass is 35.5. The summed E-state index contributed by atoms with van der Waals surface area (Å²) in [4.78, 5) is 32.1. The fourth-order valence-corrected chi connectivity index (χ4v) is 2.89. The lowest BCUT2D eigenvalue weighted by molar-refractivity contribution is 0.213. The zero-order chi connectivity index (χ0) is 19.8. The van der Waals surface area contributed by atoms with Gasteiger partial charge in [0.1, 0.15) is 17.0 Å². The highest BCUT2D eigenvalue weighted by Gasteiger charge is 2.18. The maximum absolute atomic E-state index is 12.0. The molecule has 28 heavy (non-hydrogen) atoms. The molecule has 0 radical (unpaired) electrons. The number of pyridine rings is 1. The van der Waals surface area contributed by atoms with E-state index in [-0.39, 0.29) is 11.3 Å². The summed E-state index contributed by atoms with van der Waals surface area (Å²) in [7, 11) is 1.71. The van der Waals surface area contributed by atoms with E-state index in [9.17, 15) is 9.59 Å². The van der Waals surface area contributed by atoms with Gasteiger partial charge in [0.25, 0.3) is 5.56 Å². The molecular weight excluding hydrogens is 386 g/mol. The molecule has 0 unspecified atom stereocenters. The summed E-state index contributed by atoms with van der Waals surface area (Å²) < 4.78 is 7.49. The van der Waals surface area contributed by atoms with Crippen molar-refractivity contribution < 1.29 is 4.74 Å². The quantitative estimate of drug-likeness (QED) is 0.498. The Kier molecular flexibility index (Phi) is 4.40. The molecule has 10 nitrogen and oxygen atoms in total. The van der Waals surface area contributed by atoms with Crippen molar-refractivity contribution in [1.82, 2.24) is 34.9 Å². The molecule has 0 aliphatic rings. The average molecular weight is 400 g/mol. The minimum Gasteiger partial charge on any atom is -0.467 e. The molecular formula is C17H14ClN7O3. The zero-order valence-corrected chi connectivity index (χ0v) is 15.6. The van der Waals surface area contributed by atoms with Crippen LogP contribution < -0.4 is 16.0 Å². The van der Waals surface area contributed by atoms with Gasteiger partial charge in [0.2, 0.25) is 5.88 Å². The van der Waals surface area contributed by atoms with Gasteiger partial charge in [0, 0.05) is 13.2 Å². The number of nitrogens with one attached hydrogen (secondary N) is 2. The largest absolute Gasteiger partial charge is 0.467 e. The number of hydrogen-bond acceptors (Lipinski definition) is 7. The Morgan fingerprint density at radius 1 is 1.25 bits per heavy atom. The molecule has 0 saturated carbocycles. The molecule has 142 valence electrons. The number of halogens is 1. The Morgan fingerprint density at radius 2 is 2.07 bits per heavy atom. The van der Waals surface area contributed by atoms with Crippen molar-refractivity contribution in [3.8, 4) is 17.1 Å². The minimum absolute atomic E-state index is 0.174. The molecule has 0 aliphatic heterocycles. The number of hydrogen-bond donors (Lipinski definition) is 2. The topological polar surface area (TPSA) is 131 Å². The van der Waals surface area contributed by atoms with Gasteiger partial charge in [0.15, 0.2) is 5.65 Å². The average Bonchev–Trinajstić information content (AvgIpc) is 2.97. The van der Waals surface area contributed by atoms with Crippen molar-refractivity contribution in [3.05, 3.63) is 62.1 Å². The number of nitrogens with zero attached hydrogens (tertiary/aromatic N) is 5. The fourth-order valence-electron chi connectivity index (χ4n) is 2.72. The Labute approximate surface area is 162 Å². The van der Waals surface area contributed by atoms with Gasteiger partial charge in [-0.05, 0) is 25.1 Å². The molecule has 1 atom stereocenters. The van der Waals surface area contributed by atoms with Gasteiger partial charge in [-0.25, -0.2) is 14.5 Å². The first-order valence-electron chi connectivity index (χ1n) is 8.24. The highest BCUT2D eigenvalue weighted by Crippen LogP contribution is 2.29. The van der Waals surface area contributed by atoms with Crippen LogP contribution >= 0.6 is 11.6 Å². The highest BCUT2D eigenvalue weighted by molar-refractivity contribution is 6.29. The molecule has 0 bridgehead atoms. The van der Waals surface area contributed by atoms with Crippen molar-refractivity contribution in [2.75, 3.05) is 0 Å². The molecule has 0 amide bonds. The Balaban J connectivity index is 1.77. The van der Waals surface area contributed by atoms with Crippen LogP contribution in [0, 0.1) is 0 Å². The van der Waals surface area contributed by atoms with Gasteiger partial charge in [-0.2, -0.15) is 0 Å². The lowest BCUT2D eigenvalue weighted by Gasteiger charge is -2.12. The second-order valence-corrected chi connectivity index (χ2v) is 6.41. The van der Waals surface area contributed by atoms with E-state index in [0.29, 0.717) is 27.8 Å². The van der Waals surface area contributed by atoms with E-state index >= 15 is 0 Å². The maximum atomic E-state index is 12.0. The second kappa shape index (κ2) is 6.89. The van der Waals surface area contributed by atoms with Gasteiger partial charge in [-0.1, -0.05) is 17.7 Å². The third-order valence-electron chi connectivity index (χ3n) is 4.09. The van der Waals surface area contributed by atoms with Crippen LogP contribution in [0.5, 0.6) is 5.88 Å². The summed E-state index contributed by atoms with van der Waals surface area (Å²) in [5, 5.41) is 13.4. The van der Waals surface area contributed by atoms with Crippen LogP contribution in [-0.2, 0) is 7.05 Å². The van der Waals surface area contributed by atoms with Crippen LogP contribution in [-0.4, -0.2) is 34.9 Å². The van der Waals surface area contributed by atoms with E-state index in [4.69, 9.17) is 16.3 Å². The molecule has 0 aromatic carbocycles. The molecule has 11 heteroatoms. The van der Waals surface area contributed by atoms with Crippen LogP contribution in [0.25, 0.3) is 22.3 Å². The smallest absolute Gasteiger partial charge is 0.325 e. The summed E-state index contributed by atoms with van der Waals surface area (Å²) in [6.45, 7) is 1.82. The van der Waals surface area contributed by atoms with Gasteiger partial charge < -0.3 is 9.72 Å². The molecule has 0 spiro atoms. The first kappa shape index (κ1) is 17.9. The van der Waals surface area contributed by atoms with E-state index in [2.05, 4.69) is 30.2 Å². The van der Waals surface area contributed by atoms with E-state index in [1.165, 1.54) is 10.9 Å². The number of aromatic amines is 2. The van der Waals surface area contributed by atoms with Gasteiger partial charge in [-0.3, -0.25) is 9.78 Å². The number of ether oxygens (including phenoxy) is 1. The summed E-state index contributed by atoms with van der Waals surface area (Å²) in [6, 6.07) is 6.89. The minimum atomic E-state index is -0.601. The molecule has 4 aromatic rings. The number of rotatable bonds is 4. The van der Waals surface area contributed by atoms with Crippen molar-refractivity contribution in [1.29, 1.82) is 0 Å². The standard InChI is InChI=1S/C17H14ClN7O3/c1-8(11-4-3-5-13(18)20-11)28-16-9-6-12(22-23-14(9)25(2)24-16)10-7-19-17(27)21-15(10)26/h3-8H,1-2H3,(H2,19,21,26,27)/t8-/m0/s1. The Morgan fingerprint density at radius 3 is 2.82 bits per heavy atom. The van der Waals surface area contributed by atoms with Crippen LogP contribution in [0.3, 0.4) is 0 Å². The second-order valence-electron chi connectivity index (χ2n) is 6.03. The van der Waals surface area contributed by atoms with E-state index in [0.717, 1.165) is 0 Å². The Hall–Kier alpha value is -3.53. The van der Waals surface area contributed by atoms with Gasteiger partial charge in [0.05, 0.1) is 16.6 Å². The monoisotopic (exact) mass is 399 g/mol. The van der Waals surface area contributed by atoms with Crippen LogP contribution in [0.1, 0.15) is 18.7 Å². The van der Waals surface area contributed by atoms with Crippen molar-refractivity contribution in [2.24, 2.45) is 7.05 Å². The maximum Gasteiger partial charge on any atom is 0.325 e. The van der Waals surface area contributed by atoms with Gasteiger partial charge >= 0.3 is 5.69 Å². The third kappa shape index (κ3) is 3.25. The van der Waals surface area contributed by atoms with Crippen molar-refractivity contribution in [2.45, 2.75) is 13.0 Å². The van der Waals surface area contributed by atoms with E-state index < -0.39 is 17.4 Å². The number of aryl methyl sites for hydroxylation is 1. The summed E-state index contributed by atoms with van der Waals surface area (Å²) >= 11 is 5.94. The van der Waals surface area contributed by atoms with Crippen LogP contribution in [0.4, 0.5) is 0 Å². The van der Waals surface area contributed by atoms with Crippen molar-refractivity contribution in [3.63, 3.8) is 0 Å². The van der Waals surface area contributed by atoms with Crippen LogP contribution in [0.2, 0.25) is 5.15 Å². The molecule has 0 saturated heterocycles. The predicted octanol–water partition coefficient (Wildman–Crippen LogP) is 1.60. The molecule has 4 aromatic heterocycles. The van der Waals surface area contributed by atoms with Crippen LogP contribution in [0.15, 0.2) is 40.1 Å². The summed E-state index contributed by atoms with van der Waals surface area (Å²) in [6.07, 6.45) is 0.858. The fraction of sp³-hybridized carbons (Fsp3) is 0.176. The predicted molar refractivity (Wildman–Crippen MR) is 101 cm³/mol. The third-order valence-corrected chi connectivity index (χ3v) is 4.30. The Bertz CT molecular complexity index is 1290. The van der Waals surface area contributed by atoms with E-state index in [1.807, 2.05) is 6.92 Å². The molecule has 4 rings (SSSR count). The number of H-pyrrole nitrogens is 2. The molecule has 2 N–H and O–H groups in total. The van der Waals surface area contributed by atoms with Crippen molar-refractivity contribution >= 4 is 22.6 Å². The summed E-state index contributed by atoms with van der Waals surface area (Å²) in [5.41, 5.74) is 0.400. The summed E-state index contributed by atoms with van der Waals surface area (Å²) in [5.74, 6) is 0.309. The number of aromatic nitrogens is 7. The lowest BCUT2D eigenvalue weighted by Crippen LogP contribution is -2.22. The molecule has 4 heterocycles.